The molecule has 2 aromatic rings. The van der Waals surface area contributed by atoms with Gasteiger partial charge in [0.2, 0.25) is 0 Å². The number of carbonyl (C=O) groups excluding carboxylic acids is 2. The van der Waals surface area contributed by atoms with E-state index in [2.05, 4.69) is 0 Å². The molecule has 2 aromatic carbocycles. The minimum atomic E-state index is -0.519. The summed E-state index contributed by atoms with van der Waals surface area (Å²) in [6.07, 6.45) is 4.29. The number of rotatable bonds is 8. The first kappa shape index (κ1) is 20.0. The van der Waals surface area contributed by atoms with E-state index in [1.165, 1.54) is 12.2 Å². The van der Waals surface area contributed by atoms with Crippen LogP contribution in [0.3, 0.4) is 0 Å². The maximum Gasteiger partial charge on any atom is 0.339 e. The summed E-state index contributed by atoms with van der Waals surface area (Å²) in [6.45, 7) is 3.96. The van der Waals surface area contributed by atoms with Crippen LogP contribution in [0.25, 0.3) is 0 Å². The van der Waals surface area contributed by atoms with Gasteiger partial charge in [0.25, 0.3) is 0 Å². The number of hydrogen-bond donors (Lipinski definition) is 0. The quantitative estimate of drug-likeness (QED) is 0.394. The fourth-order valence-electron chi connectivity index (χ4n) is 2.34. The van der Waals surface area contributed by atoms with E-state index in [4.69, 9.17) is 9.47 Å². The molecule has 27 heavy (non-hydrogen) atoms. The third-order valence-corrected chi connectivity index (χ3v) is 3.53. The molecule has 0 amide bonds. The molecule has 0 aliphatic carbocycles. The zero-order chi connectivity index (χ0) is 19.5. The molecule has 140 valence electrons. The van der Waals surface area contributed by atoms with Crippen molar-refractivity contribution in [2.75, 3.05) is 18.1 Å². The molecule has 0 aliphatic rings. The van der Waals surface area contributed by atoms with Gasteiger partial charge in [0.15, 0.2) is 0 Å². The molecule has 0 saturated carbocycles. The highest BCUT2D eigenvalue weighted by Gasteiger charge is 2.13. The number of esters is 2. The van der Waals surface area contributed by atoms with E-state index in [-0.39, 0.29) is 18.8 Å². The molecule has 0 saturated heterocycles. The van der Waals surface area contributed by atoms with Gasteiger partial charge in [-0.05, 0) is 44.2 Å². The minimum Gasteiger partial charge on any atom is -0.463 e. The third kappa shape index (κ3) is 6.15. The largest absolute Gasteiger partial charge is 0.463 e. The lowest BCUT2D eigenvalue weighted by Gasteiger charge is -2.21. The van der Waals surface area contributed by atoms with Crippen LogP contribution in [0.5, 0.6) is 0 Å². The summed E-state index contributed by atoms with van der Waals surface area (Å²) >= 11 is 0. The second kappa shape index (κ2) is 10.6. The van der Waals surface area contributed by atoms with Gasteiger partial charge in [-0.2, -0.15) is 0 Å². The van der Waals surface area contributed by atoms with Gasteiger partial charge in [-0.1, -0.05) is 36.4 Å². The van der Waals surface area contributed by atoms with Gasteiger partial charge in [-0.15, -0.1) is 0 Å². The van der Waals surface area contributed by atoms with Gasteiger partial charge in [-0.3, -0.25) is 0 Å². The first-order valence-corrected chi connectivity index (χ1v) is 8.78. The molecule has 0 spiro atoms. The van der Waals surface area contributed by atoms with Crippen molar-refractivity contribution >= 4 is 23.3 Å². The van der Waals surface area contributed by atoms with Gasteiger partial charge >= 0.3 is 11.9 Å². The van der Waals surface area contributed by atoms with Crippen molar-refractivity contribution in [2.45, 2.75) is 13.8 Å². The third-order valence-electron chi connectivity index (χ3n) is 3.53. The Bertz CT molecular complexity index is 758. The van der Waals surface area contributed by atoms with Crippen LogP contribution >= 0.6 is 0 Å². The van der Waals surface area contributed by atoms with E-state index in [1.807, 2.05) is 65.6 Å². The summed E-state index contributed by atoms with van der Waals surface area (Å²) in [4.78, 5) is 25.9. The van der Waals surface area contributed by atoms with Crippen LogP contribution < -0.4 is 4.90 Å². The molecule has 0 unspecified atom stereocenters. The molecule has 0 N–H and O–H groups in total. The van der Waals surface area contributed by atoms with E-state index in [0.29, 0.717) is 0 Å². The Hall–Kier alpha value is -3.34. The van der Waals surface area contributed by atoms with Crippen molar-refractivity contribution in [1.29, 1.82) is 0 Å². The van der Waals surface area contributed by atoms with Crippen molar-refractivity contribution in [2.24, 2.45) is 0 Å². The molecule has 0 radical (unpaired) electrons. The Morgan fingerprint density at radius 1 is 0.815 bits per heavy atom. The average Bonchev–Trinajstić information content (AvgIpc) is 2.70. The minimum absolute atomic E-state index is 0.234. The molecule has 5 heteroatoms. The van der Waals surface area contributed by atoms with Gasteiger partial charge in [-0.25, -0.2) is 9.59 Å². The maximum absolute atomic E-state index is 12.4. The van der Waals surface area contributed by atoms with Crippen molar-refractivity contribution in [1.82, 2.24) is 0 Å². The molecule has 0 heterocycles. The summed E-state index contributed by atoms with van der Waals surface area (Å²) < 4.78 is 10.0. The zero-order valence-electron chi connectivity index (χ0n) is 15.5. The van der Waals surface area contributed by atoms with Crippen molar-refractivity contribution in [3.63, 3.8) is 0 Å². The summed E-state index contributed by atoms with van der Waals surface area (Å²) in [5.41, 5.74) is 1.97. The normalized spacial score (nSPS) is 11.3. The lowest BCUT2D eigenvalue weighted by atomic mass is 10.2. The van der Waals surface area contributed by atoms with Crippen LogP contribution in [0.2, 0.25) is 0 Å². The predicted molar refractivity (Wildman–Crippen MR) is 106 cm³/mol. The van der Waals surface area contributed by atoms with E-state index in [0.717, 1.165) is 11.4 Å². The zero-order valence-corrected chi connectivity index (χ0v) is 15.5. The van der Waals surface area contributed by atoms with Crippen molar-refractivity contribution in [3.8, 4) is 0 Å². The Balaban J connectivity index is 2.46. The SMILES string of the molecule is CCOC(=O)/C=C/C(=C\N(c1ccccc1)c1ccccc1)C(=O)OCC. The molecular formula is C22H23NO4. The molecule has 0 bridgehead atoms. The number of nitrogens with zero attached hydrogens (tertiary/aromatic N) is 1. The standard InChI is InChI=1S/C22H23NO4/c1-3-26-21(24)16-15-18(22(25)27-4-2)17-23(19-11-7-5-8-12-19)20-13-9-6-10-14-20/h5-17H,3-4H2,1-2H3/b16-15+,18-17+. The fraction of sp³-hybridized carbons (Fsp3) is 0.182. The summed E-state index contributed by atoms with van der Waals surface area (Å²) in [6, 6.07) is 19.2. The van der Waals surface area contributed by atoms with Crippen LogP contribution in [0.4, 0.5) is 11.4 Å². The molecule has 0 aliphatic heterocycles. The number of anilines is 2. The molecule has 0 aromatic heterocycles. The molecule has 0 atom stereocenters. The highest BCUT2D eigenvalue weighted by Crippen LogP contribution is 2.26. The Kier molecular flexibility index (Phi) is 7.85. The smallest absolute Gasteiger partial charge is 0.339 e. The Labute approximate surface area is 159 Å². The number of ether oxygens (including phenoxy) is 2. The first-order valence-electron chi connectivity index (χ1n) is 8.78. The van der Waals surface area contributed by atoms with Crippen molar-refractivity contribution < 1.29 is 19.1 Å². The van der Waals surface area contributed by atoms with Crippen LogP contribution in [0, 0.1) is 0 Å². The van der Waals surface area contributed by atoms with Gasteiger partial charge in [0.05, 0.1) is 18.8 Å². The first-order chi connectivity index (χ1) is 13.2. The van der Waals surface area contributed by atoms with Crippen LogP contribution in [0.1, 0.15) is 13.8 Å². The fourth-order valence-corrected chi connectivity index (χ4v) is 2.34. The van der Waals surface area contributed by atoms with Gasteiger partial charge in [0, 0.05) is 23.7 Å². The van der Waals surface area contributed by atoms with E-state index in [1.54, 1.807) is 20.0 Å². The van der Waals surface area contributed by atoms with E-state index >= 15 is 0 Å². The van der Waals surface area contributed by atoms with E-state index in [9.17, 15) is 9.59 Å². The molecule has 2 rings (SSSR count). The topological polar surface area (TPSA) is 55.8 Å². The van der Waals surface area contributed by atoms with E-state index < -0.39 is 11.9 Å². The van der Waals surface area contributed by atoms with Gasteiger partial charge < -0.3 is 14.4 Å². The second-order valence-corrected chi connectivity index (χ2v) is 5.43. The number of para-hydroxylation sites is 2. The molecular weight excluding hydrogens is 342 g/mol. The molecule has 0 fully saturated rings. The predicted octanol–water partition coefficient (Wildman–Crippen LogP) is 4.39. The number of hydrogen-bond acceptors (Lipinski definition) is 5. The summed E-state index contributed by atoms with van der Waals surface area (Å²) in [5, 5.41) is 0. The lowest BCUT2D eigenvalue weighted by Crippen LogP contribution is -2.14. The number of carbonyl (C=O) groups is 2. The Morgan fingerprint density at radius 3 is 1.81 bits per heavy atom. The second-order valence-electron chi connectivity index (χ2n) is 5.43. The van der Waals surface area contributed by atoms with Crippen LogP contribution in [0.15, 0.2) is 84.6 Å². The Morgan fingerprint density at radius 2 is 1.33 bits per heavy atom. The summed E-state index contributed by atoms with van der Waals surface area (Å²) in [5.74, 6) is -1.03. The monoisotopic (exact) mass is 365 g/mol. The summed E-state index contributed by atoms with van der Waals surface area (Å²) in [7, 11) is 0. The van der Waals surface area contributed by atoms with Crippen LogP contribution in [-0.2, 0) is 19.1 Å². The van der Waals surface area contributed by atoms with Crippen molar-refractivity contribution in [3.05, 3.63) is 84.6 Å². The highest BCUT2D eigenvalue weighted by molar-refractivity contribution is 5.95. The van der Waals surface area contributed by atoms with Crippen LogP contribution in [-0.4, -0.2) is 25.2 Å². The van der Waals surface area contributed by atoms with Gasteiger partial charge in [0.1, 0.15) is 0 Å². The highest BCUT2D eigenvalue weighted by atomic mass is 16.5. The maximum atomic E-state index is 12.4. The lowest BCUT2D eigenvalue weighted by molar-refractivity contribution is -0.138. The molecule has 5 nitrogen and oxygen atoms in total. The number of benzene rings is 2. The average molecular weight is 365 g/mol.